The van der Waals surface area contributed by atoms with Gasteiger partial charge in [-0.3, -0.25) is 0 Å². The second-order valence-corrected chi connectivity index (χ2v) is 2.51. The molecule has 1 aliphatic rings. The van der Waals surface area contributed by atoms with E-state index >= 15 is 0 Å². The third-order valence-corrected chi connectivity index (χ3v) is 1.85. The van der Waals surface area contributed by atoms with Crippen molar-refractivity contribution in [3.63, 3.8) is 0 Å². The van der Waals surface area contributed by atoms with Gasteiger partial charge in [-0.15, -0.1) is 0 Å². The summed E-state index contributed by atoms with van der Waals surface area (Å²) in [6, 6.07) is 0. The van der Waals surface area contributed by atoms with Gasteiger partial charge >= 0.3 is 8.61 Å². The van der Waals surface area contributed by atoms with E-state index in [1.54, 1.807) is 0 Å². The van der Waals surface area contributed by atoms with Crippen molar-refractivity contribution in [2.45, 2.75) is 0 Å². The van der Waals surface area contributed by atoms with Crippen LogP contribution in [0.4, 0.5) is 0 Å². The zero-order valence-electron chi connectivity index (χ0n) is 4.59. The predicted molar refractivity (Wildman–Crippen MR) is 31.4 cm³/mol. The highest BCUT2D eigenvalue weighted by Crippen LogP contribution is 2.06. The molecule has 0 saturated carbocycles. The largest absolute Gasteiger partial charge is 0.421 e. The molecule has 0 radical (unpaired) electrons. The molecule has 8 heavy (non-hydrogen) atoms. The number of hydrogen-bond donors (Lipinski definition) is 0. The Hall–Kier alpha value is 0.0200. The smallest absolute Gasteiger partial charge is 0.378 e. The molecule has 0 amide bonds. The van der Waals surface area contributed by atoms with Crippen molar-refractivity contribution in [2.24, 2.45) is 0 Å². The molecule has 0 aromatic carbocycles. The molecule has 0 N–H and O–H groups in total. The van der Waals surface area contributed by atoms with E-state index in [0.717, 1.165) is 26.3 Å². The molecule has 1 aliphatic heterocycles. The topological polar surface area (TPSA) is 29.5 Å². The highest BCUT2D eigenvalue weighted by atomic mass is 31.1. The van der Waals surface area contributed by atoms with Crippen molar-refractivity contribution < 1.29 is 9.30 Å². The van der Waals surface area contributed by atoms with Crippen molar-refractivity contribution in [3.05, 3.63) is 0 Å². The quantitative estimate of drug-likeness (QED) is 0.481. The molecular formula is C4H9NO2P+. The minimum Gasteiger partial charge on any atom is -0.378 e. The van der Waals surface area contributed by atoms with Crippen molar-refractivity contribution in [2.75, 3.05) is 26.3 Å². The van der Waals surface area contributed by atoms with Gasteiger partial charge in [-0.2, -0.15) is 0 Å². The lowest BCUT2D eigenvalue weighted by Gasteiger charge is -2.13. The highest BCUT2D eigenvalue weighted by molar-refractivity contribution is 7.20. The molecule has 0 aliphatic carbocycles. The number of morpholine rings is 1. The van der Waals surface area contributed by atoms with Gasteiger partial charge in [0.25, 0.3) is 0 Å². The molecule has 0 aromatic heterocycles. The van der Waals surface area contributed by atoms with Crippen molar-refractivity contribution in [1.82, 2.24) is 4.67 Å². The van der Waals surface area contributed by atoms with Crippen molar-refractivity contribution in [3.8, 4) is 0 Å². The van der Waals surface area contributed by atoms with Gasteiger partial charge in [-0.1, -0.05) is 9.24 Å². The van der Waals surface area contributed by atoms with Crippen molar-refractivity contribution in [1.29, 1.82) is 0 Å². The van der Waals surface area contributed by atoms with Gasteiger partial charge in [0.1, 0.15) is 0 Å². The van der Waals surface area contributed by atoms with E-state index in [0.29, 0.717) is 0 Å². The molecule has 0 aromatic rings. The summed E-state index contributed by atoms with van der Waals surface area (Å²) in [5.74, 6) is 0. The summed E-state index contributed by atoms with van der Waals surface area (Å²) in [5, 5.41) is 0. The Kier molecular flexibility index (Phi) is 2.40. The fraction of sp³-hybridized carbons (Fsp3) is 1.00. The monoisotopic (exact) mass is 134 g/mol. The zero-order chi connectivity index (χ0) is 5.82. The number of ether oxygens (including phenoxy) is 1. The summed E-state index contributed by atoms with van der Waals surface area (Å²) in [6.07, 6.45) is 0. The third-order valence-electron chi connectivity index (χ3n) is 1.14. The lowest BCUT2D eigenvalue weighted by molar-refractivity contribution is 0.0749. The molecule has 1 fully saturated rings. The Morgan fingerprint density at radius 3 is 2.38 bits per heavy atom. The Morgan fingerprint density at radius 2 is 2.00 bits per heavy atom. The van der Waals surface area contributed by atoms with E-state index in [-0.39, 0.29) is 8.61 Å². The van der Waals surface area contributed by atoms with Gasteiger partial charge in [0.15, 0.2) is 0 Å². The lowest BCUT2D eigenvalue weighted by Crippen LogP contribution is -2.28. The molecule has 1 unspecified atom stereocenters. The number of hydrogen-bond acceptors (Lipinski definition) is 2. The van der Waals surface area contributed by atoms with Crippen molar-refractivity contribution >= 4 is 8.61 Å². The second kappa shape index (κ2) is 3.13. The lowest BCUT2D eigenvalue weighted by atomic mass is 10.5. The minimum absolute atomic E-state index is 0.290. The Bertz CT molecular complexity index is 82.1. The van der Waals surface area contributed by atoms with Crippen LogP contribution in [0.5, 0.6) is 0 Å². The van der Waals surface area contributed by atoms with Gasteiger partial charge in [0, 0.05) is 0 Å². The molecule has 0 spiro atoms. The van der Waals surface area contributed by atoms with E-state index < -0.39 is 0 Å². The van der Waals surface area contributed by atoms with Crippen LogP contribution in [0.3, 0.4) is 0 Å². The molecule has 1 atom stereocenters. The summed E-state index contributed by atoms with van der Waals surface area (Å²) in [6.45, 7) is 3.11. The van der Waals surface area contributed by atoms with Crippen LogP contribution >= 0.6 is 8.61 Å². The van der Waals surface area contributed by atoms with E-state index in [9.17, 15) is 4.57 Å². The Morgan fingerprint density at radius 1 is 1.38 bits per heavy atom. The average molecular weight is 134 g/mol. The van der Waals surface area contributed by atoms with E-state index in [1.807, 2.05) is 4.67 Å². The van der Waals surface area contributed by atoms with Crippen LogP contribution in [0.15, 0.2) is 0 Å². The van der Waals surface area contributed by atoms with E-state index in [2.05, 4.69) is 0 Å². The summed E-state index contributed by atoms with van der Waals surface area (Å²) >= 11 is 0. The Labute approximate surface area is 49.9 Å². The fourth-order valence-electron chi connectivity index (χ4n) is 0.655. The summed E-state index contributed by atoms with van der Waals surface area (Å²) in [7, 11) is -0.290. The minimum atomic E-state index is -0.290. The molecule has 1 rings (SSSR count). The maximum absolute atomic E-state index is 10.2. The molecule has 3 nitrogen and oxygen atoms in total. The zero-order valence-corrected chi connectivity index (χ0v) is 5.59. The van der Waals surface area contributed by atoms with Crippen LogP contribution in [0.1, 0.15) is 0 Å². The van der Waals surface area contributed by atoms with Gasteiger partial charge in [-0.05, 0) is 0 Å². The first-order valence-corrected chi connectivity index (χ1v) is 3.49. The van der Waals surface area contributed by atoms with Crippen LogP contribution in [0.2, 0.25) is 0 Å². The van der Waals surface area contributed by atoms with Crippen LogP contribution in [0.25, 0.3) is 0 Å². The standard InChI is InChI=1S/C4H8NO2P/c6-8-5-1-3-7-4-2-5/h1-4H2/p+1. The van der Waals surface area contributed by atoms with Crippen LogP contribution in [0, 0.1) is 0 Å². The van der Waals surface area contributed by atoms with Crippen LogP contribution in [-0.4, -0.2) is 31.0 Å². The number of rotatable bonds is 1. The molecular weight excluding hydrogens is 125 g/mol. The highest BCUT2D eigenvalue weighted by Gasteiger charge is 2.14. The molecule has 1 heterocycles. The van der Waals surface area contributed by atoms with Gasteiger partial charge in [0.2, 0.25) is 0 Å². The summed E-state index contributed by atoms with van der Waals surface area (Å²) in [4.78, 5) is 0. The molecule has 1 saturated heterocycles. The first-order valence-electron chi connectivity index (χ1n) is 2.64. The van der Waals surface area contributed by atoms with E-state index in [4.69, 9.17) is 4.74 Å². The third kappa shape index (κ3) is 1.51. The molecule has 0 bridgehead atoms. The summed E-state index contributed by atoms with van der Waals surface area (Å²) < 4.78 is 17.1. The predicted octanol–water partition coefficient (Wildman–Crippen LogP) is 0.258. The fourth-order valence-corrected chi connectivity index (χ4v) is 1.02. The normalized spacial score (nSPS) is 24.0. The van der Waals surface area contributed by atoms with Crippen LogP contribution in [-0.2, 0) is 9.30 Å². The van der Waals surface area contributed by atoms with Crippen LogP contribution < -0.4 is 0 Å². The Balaban J connectivity index is 2.22. The van der Waals surface area contributed by atoms with Gasteiger partial charge < -0.3 is 4.74 Å². The van der Waals surface area contributed by atoms with Gasteiger partial charge in [-0.25, -0.2) is 0 Å². The first-order chi connectivity index (χ1) is 3.93. The maximum Gasteiger partial charge on any atom is 0.421 e. The number of nitrogens with zero attached hydrogens (tertiary/aromatic N) is 1. The SMILES string of the molecule is O=[PH+]N1CCOCC1. The molecule has 46 valence electrons. The van der Waals surface area contributed by atoms with E-state index in [1.165, 1.54) is 0 Å². The maximum atomic E-state index is 10.2. The first kappa shape index (κ1) is 6.14. The second-order valence-electron chi connectivity index (χ2n) is 1.69. The average Bonchev–Trinajstić information content (AvgIpc) is 1.90. The molecule has 4 heteroatoms. The summed E-state index contributed by atoms with van der Waals surface area (Å²) in [5.41, 5.74) is 0. The van der Waals surface area contributed by atoms with Gasteiger partial charge in [0.05, 0.1) is 26.3 Å².